The molecule has 2 heterocycles. The maximum absolute atomic E-state index is 13.1. The minimum absolute atomic E-state index is 0.0494. The van der Waals surface area contributed by atoms with Crippen LogP contribution in [0, 0.1) is 17.2 Å². The number of halogens is 1. The average molecular weight is 460 g/mol. The minimum atomic E-state index is -0.129. The van der Waals surface area contributed by atoms with E-state index in [-0.39, 0.29) is 17.5 Å². The quantitative estimate of drug-likeness (QED) is 0.544. The van der Waals surface area contributed by atoms with E-state index in [1.54, 1.807) is 35.2 Å². The molecule has 1 aromatic heterocycles. The number of guanidine groups is 1. The lowest BCUT2D eigenvalue weighted by Crippen LogP contribution is -2.47. The van der Waals surface area contributed by atoms with Crippen molar-refractivity contribution >= 4 is 29.2 Å². The van der Waals surface area contributed by atoms with Crippen LogP contribution in [0.15, 0.2) is 71.7 Å². The Balaban J connectivity index is 1.49. The molecular formula is C25H22ClN5O2. The van der Waals surface area contributed by atoms with E-state index >= 15 is 0 Å². The number of pyridine rings is 1. The van der Waals surface area contributed by atoms with Gasteiger partial charge in [0, 0.05) is 16.8 Å². The molecule has 33 heavy (non-hydrogen) atoms. The molecule has 0 saturated heterocycles. The number of ether oxygens (including phenoxy) is 1. The highest BCUT2D eigenvalue weighted by molar-refractivity contribution is 6.30. The number of carbonyl (C=O) groups is 1. The Labute approximate surface area is 197 Å². The zero-order valence-electron chi connectivity index (χ0n) is 18.0. The molecule has 0 saturated carbocycles. The second-order valence-corrected chi connectivity index (χ2v) is 7.98. The van der Waals surface area contributed by atoms with Gasteiger partial charge in [0.2, 0.25) is 17.7 Å². The fourth-order valence-electron chi connectivity index (χ4n) is 3.41. The molecule has 4 rings (SSSR count). The first-order valence-electron chi connectivity index (χ1n) is 10.6. The molecule has 1 amide bonds. The Hall–Kier alpha value is -3.89. The summed E-state index contributed by atoms with van der Waals surface area (Å²) in [5, 5.41) is 12.9. The van der Waals surface area contributed by atoms with Gasteiger partial charge < -0.3 is 10.1 Å². The van der Waals surface area contributed by atoms with Gasteiger partial charge in [0.15, 0.2) is 0 Å². The van der Waals surface area contributed by atoms with E-state index in [0.29, 0.717) is 35.7 Å². The van der Waals surface area contributed by atoms with Crippen molar-refractivity contribution in [2.45, 2.75) is 19.9 Å². The number of anilines is 1. The summed E-state index contributed by atoms with van der Waals surface area (Å²) in [5.74, 6) is 1.35. The number of amides is 1. The third-order valence-corrected chi connectivity index (χ3v) is 5.50. The van der Waals surface area contributed by atoms with Gasteiger partial charge in [0.1, 0.15) is 17.5 Å². The predicted molar refractivity (Wildman–Crippen MR) is 127 cm³/mol. The summed E-state index contributed by atoms with van der Waals surface area (Å²) in [4.78, 5) is 23.5. The number of benzene rings is 2. The van der Waals surface area contributed by atoms with E-state index in [0.717, 1.165) is 17.7 Å². The van der Waals surface area contributed by atoms with Crippen molar-refractivity contribution in [2.75, 3.05) is 11.9 Å². The van der Waals surface area contributed by atoms with Gasteiger partial charge in [-0.15, -0.1) is 0 Å². The van der Waals surface area contributed by atoms with Gasteiger partial charge in [-0.1, -0.05) is 36.7 Å². The summed E-state index contributed by atoms with van der Waals surface area (Å²) in [6.07, 6.45) is 0.736. The second-order valence-electron chi connectivity index (χ2n) is 7.54. The van der Waals surface area contributed by atoms with E-state index in [1.807, 2.05) is 49.4 Å². The summed E-state index contributed by atoms with van der Waals surface area (Å²) in [6.45, 7) is 2.86. The van der Waals surface area contributed by atoms with Crippen molar-refractivity contribution in [3.8, 4) is 17.7 Å². The van der Waals surface area contributed by atoms with Gasteiger partial charge in [-0.2, -0.15) is 5.26 Å². The lowest BCUT2D eigenvalue weighted by atomic mass is 10.0. The SMILES string of the molecule is CCC1CN=C(Nc2ccc(Oc3cccc(C#N)n3)cc2)N(Cc2ccc(Cl)cc2)C1=O. The van der Waals surface area contributed by atoms with Crippen molar-refractivity contribution in [3.63, 3.8) is 0 Å². The maximum atomic E-state index is 13.1. The molecule has 0 spiro atoms. The molecule has 0 fully saturated rings. The lowest BCUT2D eigenvalue weighted by Gasteiger charge is -2.32. The van der Waals surface area contributed by atoms with Crippen LogP contribution >= 0.6 is 11.6 Å². The number of nitrogens with zero attached hydrogens (tertiary/aromatic N) is 4. The van der Waals surface area contributed by atoms with Crippen LogP contribution in [0.3, 0.4) is 0 Å². The van der Waals surface area contributed by atoms with Crippen LogP contribution in [-0.4, -0.2) is 28.3 Å². The minimum Gasteiger partial charge on any atom is -0.439 e. The Bertz CT molecular complexity index is 1200. The summed E-state index contributed by atoms with van der Waals surface area (Å²) in [5.41, 5.74) is 2.02. The molecule has 3 aromatic rings. The van der Waals surface area contributed by atoms with E-state index < -0.39 is 0 Å². The van der Waals surface area contributed by atoms with E-state index in [9.17, 15) is 4.79 Å². The molecule has 0 aliphatic carbocycles. The first-order valence-corrected chi connectivity index (χ1v) is 11.0. The summed E-state index contributed by atoms with van der Waals surface area (Å²) >= 11 is 6.00. The number of aromatic nitrogens is 1. The Morgan fingerprint density at radius 2 is 1.91 bits per heavy atom. The predicted octanol–water partition coefficient (Wildman–Crippen LogP) is 5.24. The third-order valence-electron chi connectivity index (χ3n) is 5.25. The van der Waals surface area contributed by atoms with Gasteiger partial charge in [-0.25, -0.2) is 4.98 Å². The molecule has 0 bridgehead atoms. The average Bonchev–Trinajstić information content (AvgIpc) is 2.84. The van der Waals surface area contributed by atoms with Crippen LogP contribution in [0.4, 0.5) is 5.69 Å². The van der Waals surface area contributed by atoms with Crippen molar-refractivity contribution < 1.29 is 9.53 Å². The van der Waals surface area contributed by atoms with E-state index in [2.05, 4.69) is 15.3 Å². The first-order chi connectivity index (χ1) is 16.1. The van der Waals surface area contributed by atoms with E-state index in [1.165, 1.54) is 0 Å². The monoisotopic (exact) mass is 459 g/mol. The van der Waals surface area contributed by atoms with Crippen LogP contribution in [0.5, 0.6) is 11.6 Å². The highest BCUT2D eigenvalue weighted by Gasteiger charge is 2.31. The fourth-order valence-corrected chi connectivity index (χ4v) is 3.54. The molecule has 8 heteroatoms. The van der Waals surface area contributed by atoms with Crippen LogP contribution in [0.2, 0.25) is 5.02 Å². The molecule has 1 atom stereocenters. The maximum Gasteiger partial charge on any atom is 0.234 e. The van der Waals surface area contributed by atoms with Crippen molar-refractivity contribution in [2.24, 2.45) is 10.9 Å². The lowest BCUT2D eigenvalue weighted by molar-refractivity contribution is -0.132. The number of carbonyl (C=O) groups excluding carboxylic acids is 1. The summed E-state index contributed by atoms with van der Waals surface area (Å²) in [7, 11) is 0. The Kier molecular flexibility index (Phi) is 6.86. The normalized spacial score (nSPS) is 15.5. The molecule has 0 radical (unpaired) electrons. The van der Waals surface area contributed by atoms with Gasteiger partial charge in [-0.3, -0.25) is 14.7 Å². The largest absolute Gasteiger partial charge is 0.439 e. The molecule has 1 unspecified atom stereocenters. The molecule has 7 nitrogen and oxygen atoms in total. The first kappa shape index (κ1) is 22.3. The number of nitrogens with one attached hydrogen (secondary N) is 1. The van der Waals surface area contributed by atoms with Crippen molar-refractivity contribution in [1.29, 1.82) is 5.26 Å². The number of nitriles is 1. The Morgan fingerprint density at radius 1 is 1.15 bits per heavy atom. The topological polar surface area (TPSA) is 90.6 Å². The van der Waals surface area contributed by atoms with Gasteiger partial charge >= 0.3 is 0 Å². The highest BCUT2D eigenvalue weighted by atomic mass is 35.5. The molecule has 2 aromatic carbocycles. The zero-order valence-corrected chi connectivity index (χ0v) is 18.8. The molecule has 1 aliphatic rings. The second kappa shape index (κ2) is 10.2. The molecular weight excluding hydrogens is 438 g/mol. The Morgan fingerprint density at radius 3 is 2.61 bits per heavy atom. The van der Waals surface area contributed by atoms with Gasteiger partial charge in [-0.05, 0) is 54.4 Å². The molecule has 166 valence electrons. The van der Waals surface area contributed by atoms with Crippen LogP contribution in [-0.2, 0) is 11.3 Å². The molecule has 1 aliphatic heterocycles. The number of hydrogen-bond acceptors (Lipinski definition) is 6. The number of hydrogen-bond donors (Lipinski definition) is 1. The summed E-state index contributed by atoms with van der Waals surface area (Å²) < 4.78 is 5.73. The smallest absolute Gasteiger partial charge is 0.234 e. The number of rotatable bonds is 6. The number of aliphatic imine (C=N–C) groups is 1. The van der Waals surface area contributed by atoms with E-state index in [4.69, 9.17) is 21.6 Å². The molecule has 1 N–H and O–H groups in total. The zero-order chi connectivity index (χ0) is 23.2. The standard InChI is InChI=1S/C25H22ClN5O2/c1-2-18-15-28-25(31(24(18)32)16-17-6-8-19(26)9-7-17)30-20-10-12-22(13-11-20)33-23-5-3-4-21(14-27)29-23/h3-13,18H,2,15-16H2,1H3,(H,28,30). The van der Waals surface area contributed by atoms with Crippen LogP contribution in [0.25, 0.3) is 0 Å². The third kappa shape index (κ3) is 5.48. The van der Waals surface area contributed by atoms with Crippen molar-refractivity contribution in [1.82, 2.24) is 9.88 Å². The van der Waals surface area contributed by atoms with Gasteiger partial charge in [0.05, 0.1) is 19.0 Å². The highest BCUT2D eigenvalue weighted by Crippen LogP contribution is 2.24. The summed E-state index contributed by atoms with van der Waals surface area (Å²) in [6, 6.07) is 21.7. The fraction of sp³-hybridized carbons (Fsp3) is 0.200. The van der Waals surface area contributed by atoms with Crippen LogP contribution < -0.4 is 10.1 Å². The van der Waals surface area contributed by atoms with Crippen LogP contribution in [0.1, 0.15) is 24.6 Å². The van der Waals surface area contributed by atoms with Crippen molar-refractivity contribution in [3.05, 3.63) is 83.0 Å². The van der Waals surface area contributed by atoms with Gasteiger partial charge in [0.25, 0.3) is 0 Å².